The van der Waals surface area contributed by atoms with Gasteiger partial charge >= 0.3 is 0 Å². The summed E-state index contributed by atoms with van der Waals surface area (Å²) >= 11 is 0. The maximum Gasteiger partial charge on any atom is 0.273 e. The Morgan fingerprint density at radius 3 is 2.57 bits per heavy atom. The number of ether oxygens (including phenoxy) is 1. The van der Waals surface area contributed by atoms with E-state index in [-0.39, 0.29) is 17.6 Å². The number of benzene rings is 2. The zero-order valence-corrected chi connectivity index (χ0v) is 17.2. The number of hydrogen-bond acceptors (Lipinski definition) is 5. The number of carbonyl (C=O) groups is 1. The molecule has 30 heavy (non-hydrogen) atoms. The Morgan fingerprint density at radius 2 is 1.87 bits per heavy atom. The summed E-state index contributed by atoms with van der Waals surface area (Å²) in [7, 11) is 0. The van der Waals surface area contributed by atoms with Crippen LogP contribution in [0, 0.1) is 0 Å². The van der Waals surface area contributed by atoms with Gasteiger partial charge in [-0.05, 0) is 62.7 Å². The highest BCUT2D eigenvalue weighted by Crippen LogP contribution is 2.25. The first kappa shape index (κ1) is 20.2. The fraction of sp³-hybridized carbons (Fsp3) is 0.333. The van der Waals surface area contributed by atoms with Gasteiger partial charge in [-0.2, -0.15) is 0 Å². The standard InChI is InChI=1S/C24H27N3O3/c1-2-29-20-12-10-19(11-13-20)23-16-21(26-30-23)24(28)25-17-22(27-14-6-7-15-27)18-8-4-3-5-9-18/h3-5,8-13,16,22H,2,6-7,14-15,17H2,1H3,(H,25,28)/t22-/m0/s1. The molecule has 1 aliphatic heterocycles. The number of amides is 1. The van der Waals surface area contributed by atoms with Crippen molar-refractivity contribution in [1.29, 1.82) is 0 Å². The van der Waals surface area contributed by atoms with Gasteiger partial charge in [0.1, 0.15) is 5.75 Å². The van der Waals surface area contributed by atoms with Crippen molar-refractivity contribution in [2.24, 2.45) is 0 Å². The van der Waals surface area contributed by atoms with Gasteiger partial charge in [-0.25, -0.2) is 0 Å². The number of hydrogen-bond donors (Lipinski definition) is 1. The van der Waals surface area contributed by atoms with Crippen LogP contribution in [0.1, 0.15) is 41.9 Å². The molecule has 0 saturated carbocycles. The van der Waals surface area contributed by atoms with E-state index in [1.54, 1.807) is 6.07 Å². The van der Waals surface area contributed by atoms with Crippen molar-refractivity contribution >= 4 is 5.91 Å². The van der Waals surface area contributed by atoms with Crippen molar-refractivity contribution in [3.63, 3.8) is 0 Å². The first-order chi connectivity index (χ1) is 14.7. The first-order valence-electron chi connectivity index (χ1n) is 10.5. The third-order valence-electron chi connectivity index (χ3n) is 5.41. The highest BCUT2D eigenvalue weighted by atomic mass is 16.5. The summed E-state index contributed by atoms with van der Waals surface area (Å²) in [4.78, 5) is 15.1. The second-order valence-corrected chi connectivity index (χ2v) is 7.41. The van der Waals surface area contributed by atoms with E-state index >= 15 is 0 Å². The lowest BCUT2D eigenvalue weighted by atomic mass is 10.1. The highest BCUT2D eigenvalue weighted by molar-refractivity contribution is 5.93. The number of likely N-dealkylation sites (tertiary alicyclic amines) is 1. The van der Waals surface area contributed by atoms with Gasteiger partial charge < -0.3 is 14.6 Å². The topological polar surface area (TPSA) is 67.6 Å². The van der Waals surface area contributed by atoms with Crippen LogP contribution in [-0.4, -0.2) is 42.2 Å². The second kappa shape index (κ2) is 9.59. The molecule has 1 aromatic heterocycles. The summed E-state index contributed by atoms with van der Waals surface area (Å²) in [5.74, 6) is 1.13. The SMILES string of the molecule is CCOc1ccc(-c2cc(C(=O)NC[C@@H](c3ccccc3)N3CCCC3)no2)cc1. The summed E-state index contributed by atoms with van der Waals surface area (Å²) in [6.45, 7) is 5.21. The molecule has 3 aromatic rings. The Kier molecular flexibility index (Phi) is 6.44. The van der Waals surface area contributed by atoms with E-state index in [1.165, 1.54) is 18.4 Å². The maximum atomic E-state index is 12.7. The fourth-order valence-corrected chi connectivity index (χ4v) is 3.87. The van der Waals surface area contributed by atoms with Gasteiger partial charge in [0.2, 0.25) is 0 Å². The minimum atomic E-state index is -0.226. The Morgan fingerprint density at radius 1 is 1.13 bits per heavy atom. The minimum Gasteiger partial charge on any atom is -0.494 e. The lowest BCUT2D eigenvalue weighted by Crippen LogP contribution is -2.36. The molecule has 1 saturated heterocycles. The van der Waals surface area contributed by atoms with Crippen LogP contribution in [0.25, 0.3) is 11.3 Å². The quantitative estimate of drug-likeness (QED) is 0.605. The van der Waals surface area contributed by atoms with Gasteiger partial charge in [0.05, 0.1) is 12.6 Å². The van der Waals surface area contributed by atoms with Crippen LogP contribution < -0.4 is 10.1 Å². The zero-order valence-electron chi connectivity index (χ0n) is 17.2. The predicted octanol–water partition coefficient (Wildman–Crippen LogP) is 4.31. The third-order valence-corrected chi connectivity index (χ3v) is 5.41. The van der Waals surface area contributed by atoms with Crippen molar-refractivity contribution in [2.75, 3.05) is 26.2 Å². The molecule has 1 fully saturated rings. The van der Waals surface area contributed by atoms with Gasteiger partial charge in [0.15, 0.2) is 11.5 Å². The van der Waals surface area contributed by atoms with Gasteiger partial charge in [-0.15, -0.1) is 0 Å². The van der Waals surface area contributed by atoms with Crippen molar-refractivity contribution in [2.45, 2.75) is 25.8 Å². The molecular weight excluding hydrogens is 378 g/mol. The Hall–Kier alpha value is -3.12. The number of nitrogens with one attached hydrogen (secondary N) is 1. The monoisotopic (exact) mass is 405 g/mol. The van der Waals surface area contributed by atoms with Crippen LogP contribution in [-0.2, 0) is 0 Å². The average molecular weight is 405 g/mol. The normalized spacial score (nSPS) is 15.1. The van der Waals surface area contributed by atoms with Crippen molar-refractivity contribution in [3.05, 3.63) is 71.9 Å². The number of nitrogens with zero attached hydrogens (tertiary/aromatic N) is 2. The Bertz CT molecular complexity index is 947. The largest absolute Gasteiger partial charge is 0.494 e. The van der Waals surface area contributed by atoms with Crippen LogP contribution in [0.5, 0.6) is 5.75 Å². The number of carbonyl (C=O) groups excluding carboxylic acids is 1. The molecule has 1 N–H and O–H groups in total. The van der Waals surface area contributed by atoms with Crippen molar-refractivity contribution in [1.82, 2.24) is 15.4 Å². The van der Waals surface area contributed by atoms with E-state index in [9.17, 15) is 4.79 Å². The molecule has 1 amide bonds. The van der Waals surface area contributed by atoms with Gasteiger partial charge in [-0.1, -0.05) is 35.5 Å². The Balaban J connectivity index is 1.42. The zero-order chi connectivity index (χ0) is 20.8. The molecule has 0 aliphatic carbocycles. The van der Waals surface area contributed by atoms with Crippen LogP contribution in [0.4, 0.5) is 0 Å². The lowest BCUT2D eigenvalue weighted by Gasteiger charge is -2.28. The molecule has 0 bridgehead atoms. The van der Waals surface area contributed by atoms with Crippen LogP contribution in [0.3, 0.4) is 0 Å². The Labute approximate surface area is 176 Å². The summed E-state index contributed by atoms with van der Waals surface area (Å²) in [6, 6.07) is 19.7. The van der Waals surface area contributed by atoms with Gasteiger partial charge in [0, 0.05) is 18.2 Å². The molecular formula is C24H27N3O3. The van der Waals surface area contributed by atoms with Crippen molar-refractivity contribution in [3.8, 4) is 17.1 Å². The van der Waals surface area contributed by atoms with Crippen LogP contribution >= 0.6 is 0 Å². The van der Waals surface area contributed by atoms with E-state index in [2.05, 4.69) is 27.5 Å². The number of aromatic nitrogens is 1. The second-order valence-electron chi connectivity index (χ2n) is 7.41. The van der Waals surface area contributed by atoms with E-state index in [4.69, 9.17) is 9.26 Å². The summed E-state index contributed by atoms with van der Waals surface area (Å²) in [5.41, 5.74) is 2.35. The van der Waals surface area contributed by atoms with E-state index < -0.39 is 0 Å². The molecule has 1 atom stereocenters. The molecule has 2 aromatic carbocycles. The molecule has 0 unspecified atom stereocenters. The van der Waals surface area contributed by atoms with Crippen LogP contribution in [0.2, 0.25) is 0 Å². The smallest absolute Gasteiger partial charge is 0.273 e. The summed E-state index contributed by atoms with van der Waals surface area (Å²) in [5, 5.41) is 7.01. The van der Waals surface area contributed by atoms with Crippen molar-refractivity contribution < 1.29 is 14.1 Å². The highest BCUT2D eigenvalue weighted by Gasteiger charge is 2.24. The predicted molar refractivity (Wildman–Crippen MR) is 115 cm³/mol. The molecule has 156 valence electrons. The number of rotatable bonds is 8. The summed E-state index contributed by atoms with van der Waals surface area (Å²) in [6.07, 6.45) is 2.40. The van der Waals surface area contributed by atoms with E-state index in [0.29, 0.717) is 18.9 Å². The van der Waals surface area contributed by atoms with Crippen LogP contribution in [0.15, 0.2) is 65.2 Å². The molecule has 4 rings (SSSR count). The van der Waals surface area contributed by atoms with Gasteiger partial charge in [0.25, 0.3) is 5.91 Å². The lowest BCUT2D eigenvalue weighted by molar-refractivity contribution is 0.0929. The van der Waals surface area contributed by atoms with E-state index in [0.717, 1.165) is 24.4 Å². The molecule has 6 nitrogen and oxygen atoms in total. The molecule has 2 heterocycles. The average Bonchev–Trinajstić information content (AvgIpc) is 3.48. The minimum absolute atomic E-state index is 0.162. The maximum absolute atomic E-state index is 12.7. The summed E-state index contributed by atoms with van der Waals surface area (Å²) < 4.78 is 10.9. The van der Waals surface area contributed by atoms with Gasteiger partial charge in [-0.3, -0.25) is 9.69 Å². The third kappa shape index (κ3) is 4.71. The molecule has 0 radical (unpaired) electrons. The first-order valence-corrected chi connectivity index (χ1v) is 10.5. The fourth-order valence-electron chi connectivity index (χ4n) is 3.87. The molecule has 1 aliphatic rings. The molecule has 0 spiro atoms. The molecule has 6 heteroatoms. The van der Waals surface area contributed by atoms with E-state index in [1.807, 2.05) is 49.4 Å².